The van der Waals surface area contributed by atoms with E-state index in [-0.39, 0.29) is 12.4 Å². The summed E-state index contributed by atoms with van der Waals surface area (Å²) in [5.41, 5.74) is 6.70. The molecule has 2 unspecified atom stereocenters. The SMILES string of the molecule is CC1c2ccc(OCc3ccc(-c4ccccc4C#N)cc3)cc2CCC1N(C)C.Cl. The third kappa shape index (κ3) is 4.93. The number of likely N-dealkylation sites (N-methyl/N-ethyl adjacent to an activating group) is 1. The highest BCUT2D eigenvalue weighted by Gasteiger charge is 2.27. The molecule has 0 N–H and O–H groups in total. The molecule has 0 saturated carbocycles. The van der Waals surface area contributed by atoms with Crippen molar-refractivity contribution in [3.05, 3.63) is 89.0 Å². The highest BCUT2D eigenvalue weighted by molar-refractivity contribution is 5.85. The summed E-state index contributed by atoms with van der Waals surface area (Å²) in [5, 5.41) is 9.31. The molecule has 0 radical (unpaired) electrons. The Kier molecular flexibility index (Phi) is 7.38. The summed E-state index contributed by atoms with van der Waals surface area (Å²) in [4.78, 5) is 2.34. The topological polar surface area (TPSA) is 36.3 Å². The number of halogens is 1. The number of aryl methyl sites for hydroxylation is 1. The lowest BCUT2D eigenvalue weighted by Crippen LogP contribution is -2.36. The third-order valence-corrected chi connectivity index (χ3v) is 6.27. The largest absolute Gasteiger partial charge is 0.489 e. The van der Waals surface area contributed by atoms with E-state index in [0.29, 0.717) is 24.1 Å². The first-order valence-electron chi connectivity index (χ1n) is 10.6. The van der Waals surface area contributed by atoms with Crippen LogP contribution in [-0.4, -0.2) is 25.0 Å². The second-order valence-corrected chi connectivity index (χ2v) is 8.36. The number of benzene rings is 3. The molecule has 0 spiro atoms. The summed E-state index contributed by atoms with van der Waals surface area (Å²) in [7, 11) is 4.35. The van der Waals surface area contributed by atoms with Gasteiger partial charge in [-0.15, -0.1) is 12.4 Å². The summed E-state index contributed by atoms with van der Waals surface area (Å²) in [5.74, 6) is 1.48. The van der Waals surface area contributed by atoms with Crippen LogP contribution < -0.4 is 4.74 Å². The summed E-state index contributed by atoms with van der Waals surface area (Å²) < 4.78 is 6.10. The van der Waals surface area contributed by atoms with Crippen LogP contribution in [-0.2, 0) is 13.0 Å². The van der Waals surface area contributed by atoms with Crippen molar-refractivity contribution in [1.82, 2.24) is 4.90 Å². The molecule has 0 bridgehead atoms. The molecule has 1 aliphatic rings. The zero-order chi connectivity index (χ0) is 21.1. The zero-order valence-electron chi connectivity index (χ0n) is 18.3. The van der Waals surface area contributed by atoms with Crippen molar-refractivity contribution < 1.29 is 4.74 Å². The zero-order valence-corrected chi connectivity index (χ0v) is 19.2. The van der Waals surface area contributed by atoms with E-state index in [0.717, 1.165) is 28.9 Å². The van der Waals surface area contributed by atoms with Gasteiger partial charge in [0.2, 0.25) is 0 Å². The summed E-state index contributed by atoms with van der Waals surface area (Å²) in [6.45, 7) is 2.87. The third-order valence-electron chi connectivity index (χ3n) is 6.27. The maximum absolute atomic E-state index is 9.31. The molecular formula is C27H29ClN2O. The van der Waals surface area contributed by atoms with Gasteiger partial charge in [-0.3, -0.25) is 0 Å². The molecule has 1 aliphatic carbocycles. The maximum Gasteiger partial charge on any atom is 0.120 e. The number of hydrogen-bond donors (Lipinski definition) is 0. The molecule has 31 heavy (non-hydrogen) atoms. The van der Waals surface area contributed by atoms with Gasteiger partial charge in [-0.25, -0.2) is 0 Å². The first kappa shape index (κ1) is 22.9. The first-order chi connectivity index (χ1) is 14.6. The molecule has 3 nitrogen and oxygen atoms in total. The molecule has 0 amide bonds. The molecule has 0 fully saturated rings. The van der Waals surface area contributed by atoms with E-state index in [1.807, 2.05) is 24.3 Å². The van der Waals surface area contributed by atoms with Crippen LogP contribution in [0.1, 0.15) is 41.5 Å². The molecule has 3 aromatic rings. The minimum Gasteiger partial charge on any atom is -0.489 e. The Morgan fingerprint density at radius 2 is 1.77 bits per heavy atom. The predicted molar refractivity (Wildman–Crippen MR) is 129 cm³/mol. The number of nitriles is 1. The van der Waals surface area contributed by atoms with E-state index in [1.165, 1.54) is 17.5 Å². The summed E-state index contributed by atoms with van der Waals surface area (Å²) in [6, 6.07) is 25.4. The fourth-order valence-electron chi connectivity index (χ4n) is 4.58. The average Bonchev–Trinajstić information content (AvgIpc) is 2.78. The Morgan fingerprint density at radius 3 is 2.48 bits per heavy atom. The predicted octanol–water partition coefficient (Wildman–Crippen LogP) is 6.21. The van der Waals surface area contributed by atoms with Crippen molar-refractivity contribution in [1.29, 1.82) is 5.26 Å². The van der Waals surface area contributed by atoms with E-state index in [4.69, 9.17) is 4.74 Å². The Balaban J connectivity index is 0.00000272. The number of nitrogens with zero attached hydrogens (tertiary/aromatic N) is 2. The van der Waals surface area contributed by atoms with Crippen LogP contribution in [0.5, 0.6) is 5.75 Å². The second kappa shape index (κ2) is 10.0. The Labute approximate surface area is 191 Å². The van der Waals surface area contributed by atoms with Gasteiger partial charge in [-0.2, -0.15) is 5.26 Å². The lowest BCUT2D eigenvalue weighted by Gasteiger charge is -2.35. The molecule has 0 saturated heterocycles. The Hall–Kier alpha value is -2.80. The molecule has 2 atom stereocenters. The molecule has 160 valence electrons. The van der Waals surface area contributed by atoms with Crippen molar-refractivity contribution in [2.75, 3.05) is 14.1 Å². The van der Waals surface area contributed by atoms with Crippen LogP contribution >= 0.6 is 12.4 Å². The maximum atomic E-state index is 9.31. The monoisotopic (exact) mass is 432 g/mol. The minimum atomic E-state index is 0. The first-order valence-corrected chi connectivity index (χ1v) is 10.6. The van der Waals surface area contributed by atoms with Crippen LogP contribution in [0.15, 0.2) is 66.7 Å². The summed E-state index contributed by atoms with van der Waals surface area (Å²) >= 11 is 0. The standard InChI is InChI=1S/C27H28N2O.ClH/c1-19-25-14-13-24(16-22(25)12-15-27(19)29(2)3)30-18-20-8-10-21(11-9-20)26-7-5-4-6-23(26)17-28;/h4-11,13-14,16,19,27H,12,15,18H2,1-3H3;1H. The van der Waals surface area contributed by atoms with Crippen LogP contribution in [0.4, 0.5) is 0 Å². The fourth-order valence-corrected chi connectivity index (χ4v) is 4.58. The van der Waals surface area contributed by atoms with Gasteiger partial charge >= 0.3 is 0 Å². The van der Waals surface area contributed by atoms with Crippen LogP contribution in [0.2, 0.25) is 0 Å². The lowest BCUT2D eigenvalue weighted by atomic mass is 9.80. The number of fused-ring (bicyclic) bond motifs is 1. The highest BCUT2D eigenvalue weighted by Crippen LogP contribution is 2.35. The van der Waals surface area contributed by atoms with Crippen molar-refractivity contribution >= 4 is 12.4 Å². The lowest BCUT2D eigenvalue weighted by molar-refractivity contribution is 0.236. The smallest absolute Gasteiger partial charge is 0.120 e. The van der Waals surface area contributed by atoms with Gasteiger partial charge in [-0.1, -0.05) is 55.5 Å². The molecule has 3 aromatic carbocycles. The average molecular weight is 433 g/mol. The number of rotatable bonds is 5. The van der Waals surface area contributed by atoms with E-state index in [9.17, 15) is 5.26 Å². The Bertz CT molecular complexity index is 1070. The summed E-state index contributed by atoms with van der Waals surface area (Å²) in [6.07, 6.45) is 2.29. The van der Waals surface area contributed by atoms with E-state index in [1.54, 1.807) is 0 Å². The van der Waals surface area contributed by atoms with E-state index in [2.05, 4.69) is 74.5 Å². The molecule has 4 rings (SSSR count). The van der Waals surface area contributed by atoms with Crippen molar-refractivity contribution in [3.63, 3.8) is 0 Å². The highest BCUT2D eigenvalue weighted by atomic mass is 35.5. The van der Waals surface area contributed by atoms with Crippen LogP contribution in [0, 0.1) is 11.3 Å². The van der Waals surface area contributed by atoms with Gasteiger partial charge < -0.3 is 9.64 Å². The number of ether oxygens (including phenoxy) is 1. The van der Waals surface area contributed by atoms with Gasteiger partial charge in [0.05, 0.1) is 11.6 Å². The van der Waals surface area contributed by atoms with Gasteiger partial charge in [0.25, 0.3) is 0 Å². The normalized spacial score (nSPS) is 17.4. The Morgan fingerprint density at radius 1 is 1.03 bits per heavy atom. The van der Waals surface area contributed by atoms with Crippen molar-refractivity contribution in [2.24, 2.45) is 0 Å². The van der Waals surface area contributed by atoms with Crippen LogP contribution in [0.25, 0.3) is 11.1 Å². The molecule has 0 aliphatic heterocycles. The quantitative estimate of drug-likeness (QED) is 0.481. The fraction of sp³-hybridized carbons (Fsp3) is 0.296. The van der Waals surface area contributed by atoms with E-state index >= 15 is 0 Å². The molecular weight excluding hydrogens is 404 g/mol. The number of hydrogen-bond acceptors (Lipinski definition) is 3. The minimum absolute atomic E-state index is 0. The van der Waals surface area contributed by atoms with Gasteiger partial charge in [0.15, 0.2) is 0 Å². The molecule has 0 heterocycles. The molecule has 0 aromatic heterocycles. The van der Waals surface area contributed by atoms with Gasteiger partial charge in [0.1, 0.15) is 12.4 Å². The van der Waals surface area contributed by atoms with Crippen molar-refractivity contribution in [2.45, 2.75) is 38.3 Å². The molecule has 4 heteroatoms. The van der Waals surface area contributed by atoms with Crippen molar-refractivity contribution in [3.8, 4) is 22.9 Å². The van der Waals surface area contributed by atoms with Gasteiger partial charge in [0, 0.05) is 6.04 Å². The van der Waals surface area contributed by atoms with Gasteiger partial charge in [-0.05, 0) is 78.9 Å². The van der Waals surface area contributed by atoms with E-state index < -0.39 is 0 Å². The van der Waals surface area contributed by atoms with Crippen LogP contribution in [0.3, 0.4) is 0 Å². The second-order valence-electron chi connectivity index (χ2n) is 8.36.